The molecule has 1 aromatic heterocycles. The van der Waals surface area contributed by atoms with Crippen molar-refractivity contribution in [2.45, 2.75) is 25.1 Å². The third-order valence-corrected chi connectivity index (χ3v) is 4.80. The van der Waals surface area contributed by atoms with E-state index >= 15 is 0 Å². The average molecular weight is 334 g/mol. The van der Waals surface area contributed by atoms with Crippen LogP contribution in [0.5, 0.6) is 0 Å². The Morgan fingerprint density at radius 2 is 2.22 bits per heavy atom. The Morgan fingerprint density at radius 3 is 2.91 bits per heavy atom. The van der Waals surface area contributed by atoms with E-state index in [1.165, 1.54) is 11.8 Å². The number of β-amino-alcohol motifs (C(OH)–C–C–N with tert-alkyl or cyclic N) is 1. The Balaban J connectivity index is 1.59. The van der Waals surface area contributed by atoms with Crippen LogP contribution >= 0.6 is 11.3 Å². The molecule has 3 rings (SSSR count). The molecule has 2 atom stereocenters. The lowest BCUT2D eigenvalue weighted by molar-refractivity contribution is -0.380. The van der Waals surface area contributed by atoms with Gasteiger partial charge in [0, 0.05) is 25.7 Å². The largest absolute Gasteiger partial charge is 0.392 e. The van der Waals surface area contributed by atoms with Crippen molar-refractivity contribution in [2.24, 2.45) is 0 Å². The van der Waals surface area contributed by atoms with E-state index in [1.54, 1.807) is 0 Å². The molecule has 1 saturated heterocycles. The number of hydrogen-bond acceptors (Lipinski definition) is 7. The van der Waals surface area contributed by atoms with Gasteiger partial charge in [-0.15, -0.1) is 0 Å². The molecule has 0 unspecified atom stereocenters. The molecule has 0 amide bonds. The summed E-state index contributed by atoms with van der Waals surface area (Å²) in [6.07, 6.45) is 1.61. The number of aromatic nitrogens is 1. The molecular weight excluding hydrogens is 316 g/mol. The molecular formula is C15H18N4O3S. The summed E-state index contributed by atoms with van der Waals surface area (Å²) in [7, 11) is 0. The smallest absolute Gasteiger partial charge is 0.345 e. The second kappa shape index (κ2) is 7.03. The summed E-state index contributed by atoms with van der Waals surface area (Å²) in [6.45, 7) is 2.02. The number of likely N-dealkylation sites (tertiary alicyclic amines) is 1. The zero-order valence-electron chi connectivity index (χ0n) is 12.5. The maximum Gasteiger partial charge on any atom is 0.345 e. The quantitative estimate of drug-likeness (QED) is 0.621. The molecule has 0 aliphatic carbocycles. The number of hydrogen-bond donors (Lipinski definition) is 2. The first kappa shape index (κ1) is 15.9. The molecule has 2 aromatic rings. The van der Waals surface area contributed by atoms with E-state index in [1.807, 2.05) is 18.2 Å². The Labute approximate surface area is 137 Å². The lowest BCUT2D eigenvalue weighted by Crippen LogP contribution is -2.34. The number of nitrogens with zero attached hydrogens (tertiary/aromatic N) is 3. The van der Waals surface area contributed by atoms with E-state index in [2.05, 4.69) is 27.3 Å². The molecule has 122 valence electrons. The molecule has 2 heterocycles. The van der Waals surface area contributed by atoms with Crippen LogP contribution in [0.2, 0.25) is 0 Å². The lowest BCUT2D eigenvalue weighted by atomic mass is 10.1. The van der Waals surface area contributed by atoms with E-state index < -0.39 is 4.92 Å². The van der Waals surface area contributed by atoms with Gasteiger partial charge in [-0.1, -0.05) is 30.3 Å². The molecule has 2 N–H and O–H groups in total. The number of nitro groups is 1. The van der Waals surface area contributed by atoms with Gasteiger partial charge in [0.25, 0.3) is 0 Å². The van der Waals surface area contributed by atoms with Crippen LogP contribution in [-0.2, 0) is 6.54 Å². The molecule has 23 heavy (non-hydrogen) atoms. The second-order valence-electron chi connectivity index (χ2n) is 5.60. The van der Waals surface area contributed by atoms with Crippen LogP contribution in [0.3, 0.4) is 0 Å². The van der Waals surface area contributed by atoms with Gasteiger partial charge in [-0.2, -0.15) is 0 Å². The summed E-state index contributed by atoms with van der Waals surface area (Å²) in [6, 6.07) is 10.3. The summed E-state index contributed by atoms with van der Waals surface area (Å²) in [4.78, 5) is 16.5. The number of nitrogens with one attached hydrogen (secondary N) is 1. The zero-order valence-corrected chi connectivity index (χ0v) is 13.3. The maximum absolute atomic E-state index is 10.7. The fourth-order valence-corrected chi connectivity index (χ4v) is 3.46. The van der Waals surface area contributed by atoms with Gasteiger partial charge in [-0.3, -0.25) is 15.0 Å². The standard InChI is InChI=1S/C15H18N4O3S/c20-13-6-12(7-16-15-17-8-14(23-15)19(21)22)18(10-13)9-11-4-2-1-3-5-11/h1-5,8,12-13,20H,6-7,9-10H2,(H,16,17)/t12-,13+/m0/s1. The normalized spacial score (nSPS) is 21.4. The van der Waals surface area contributed by atoms with Crippen LogP contribution in [0.1, 0.15) is 12.0 Å². The van der Waals surface area contributed by atoms with Crippen LogP contribution in [0.25, 0.3) is 0 Å². The maximum atomic E-state index is 10.7. The summed E-state index contributed by atoms with van der Waals surface area (Å²) < 4.78 is 0. The SMILES string of the molecule is O=[N+]([O-])c1cnc(NC[C@@H]2C[C@@H](O)CN2Cc2ccccc2)s1. The molecule has 8 heteroatoms. The van der Waals surface area contributed by atoms with Crippen molar-refractivity contribution in [2.75, 3.05) is 18.4 Å². The Kier molecular flexibility index (Phi) is 4.85. The number of benzene rings is 1. The Hall–Kier alpha value is -2.03. The fraction of sp³-hybridized carbons (Fsp3) is 0.400. The van der Waals surface area contributed by atoms with Crippen LogP contribution in [-0.4, -0.2) is 45.1 Å². The summed E-state index contributed by atoms with van der Waals surface area (Å²) in [5.74, 6) is 0. The summed E-state index contributed by atoms with van der Waals surface area (Å²) >= 11 is 1.03. The molecule has 1 aliphatic heterocycles. The van der Waals surface area contributed by atoms with Gasteiger partial charge in [0.15, 0.2) is 5.13 Å². The number of thiazole rings is 1. The van der Waals surface area contributed by atoms with Crippen LogP contribution < -0.4 is 5.32 Å². The Morgan fingerprint density at radius 1 is 1.43 bits per heavy atom. The van der Waals surface area contributed by atoms with E-state index in [0.29, 0.717) is 24.6 Å². The van der Waals surface area contributed by atoms with Gasteiger partial charge in [0.1, 0.15) is 6.20 Å². The zero-order chi connectivity index (χ0) is 16.2. The monoisotopic (exact) mass is 334 g/mol. The lowest BCUT2D eigenvalue weighted by Gasteiger charge is -2.24. The third kappa shape index (κ3) is 4.04. The van der Waals surface area contributed by atoms with Gasteiger partial charge >= 0.3 is 5.00 Å². The first-order valence-corrected chi connectivity index (χ1v) is 8.23. The van der Waals surface area contributed by atoms with Crippen LogP contribution in [0, 0.1) is 10.1 Å². The predicted molar refractivity (Wildman–Crippen MR) is 88.5 cm³/mol. The number of aliphatic hydroxyl groups excluding tert-OH is 1. The fourth-order valence-electron chi connectivity index (χ4n) is 2.82. The molecule has 7 nitrogen and oxygen atoms in total. The first-order chi connectivity index (χ1) is 11.1. The van der Waals surface area contributed by atoms with Gasteiger partial charge in [0.05, 0.1) is 11.0 Å². The molecule has 0 spiro atoms. The molecule has 0 bridgehead atoms. The average Bonchev–Trinajstić information content (AvgIpc) is 3.13. The minimum absolute atomic E-state index is 0.0279. The Bertz CT molecular complexity index is 664. The number of aliphatic hydroxyl groups is 1. The van der Waals surface area contributed by atoms with Crippen molar-refractivity contribution in [3.05, 3.63) is 52.2 Å². The topological polar surface area (TPSA) is 91.5 Å². The predicted octanol–water partition coefficient (Wildman–Crippen LogP) is 2.10. The highest BCUT2D eigenvalue weighted by Gasteiger charge is 2.30. The van der Waals surface area contributed by atoms with E-state index in [4.69, 9.17) is 0 Å². The van der Waals surface area contributed by atoms with Crippen molar-refractivity contribution in [3.8, 4) is 0 Å². The van der Waals surface area contributed by atoms with E-state index in [9.17, 15) is 15.2 Å². The van der Waals surface area contributed by atoms with Crippen molar-refractivity contribution < 1.29 is 10.0 Å². The minimum Gasteiger partial charge on any atom is -0.392 e. The molecule has 1 aromatic carbocycles. The van der Waals surface area contributed by atoms with Gasteiger partial charge < -0.3 is 10.4 Å². The van der Waals surface area contributed by atoms with E-state index in [-0.39, 0.29) is 17.1 Å². The second-order valence-corrected chi connectivity index (χ2v) is 6.61. The number of anilines is 1. The van der Waals surface area contributed by atoms with Crippen LogP contribution in [0.4, 0.5) is 10.1 Å². The highest BCUT2D eigenvalue weighted by Crippen LogP contribution is 2.26. The van der Waals surface area contributed by atoms with Crippen molar-refractivity contribution >= 4 is 21.5 Å². The summed E-state index contributed by atoms with van der Waals surface area (Å²) in [5, 5.41) is 24.3. The molecule has 1 aliphatic rings. The van der Waals surface area contributed by atoms with Crippen molar-refractivity contribution in [3.63, 3.8) is 0 Å². The van der Waals surface area contributed by atoms with Crippen molar-refractivity contribution in [1.29, 1.82) is 0 Å². The highest BCUT2D eigenvalue weighted by atomic mass is 32.1. The first-order valence-electron chi connectivity index (χ1n) is 7.42. The molecule has 0 saturated carbocycles. The third-order valence-electron chi connectivity index (χ3n) is 3.90. The number of rotatable bonds is 6. The highest BCUT2D eigenvalue weighted by molar-refractivity contribution is 7.18. The minimum atomic E-state index is -0.441. The van der Waals surface area contributed by atoms with Crippen LogP contribution in [0.15, 0.2) is 36.5 Å². The van der Waals surface area contributed by atoms with Gasteiger partial charge in [-0.05, 0) is 23.3 Å². The van der Waals surface area contributed by atoms with Gasteiger partial charge in [-0.25, -0.2) is 4.98 Å². The molecule has 0 radical (unpaired) electrons. The molecule has 1 fully saturated rings. The van der Waals surface area contributed by atoms with Crippen molar-refractivity contribution in [1.82, 2.24) is 9.88 Å². The van der Waals surface area contributed by atoms with E-state index in [0.717, 1.165) is 17.9 Å². The summed E-state index contributed by atoms with van der Waals surface area (Å²) in [5.41, 5.74) is 1.21. The van der Waals surface area contributed by atoms with Gasteiger partial charge in [0.2, 0.25) is 0 Å².